The van der Waals surface area contributed by atoms with E-state index in [4.69, 9.17) is 5.11 Å². The van der Waals surface area contributed by atoms with Crippen LogP contribution in [-0.4, -0.2) is 33.1 Å². The highest BCUT2D eigenvalue weighted by Gasteiger charge is 2.21. The zero-order valence-electron chi connectivity index (χ0n) is 13.0. The number of aliphatic carboxylic acids is 1. The summed E-state index contributed by atoms with van der Waals surface area (Å²) in [7, 11) is 0. The maximum absolute atomic E-state index is 12.5. The van der Waals surface area contributed by atoms with Crippen molar-refractivity contribution in [3.05, 3.63) is 27.6 Å². The third-order valence-corrected chi connectivity index (χ3v) is 4.45. The maximum atomic E-state index is 12.5. The molecule has 0 aliphatic heterocycles. The van der Waals surface area contributed by atoms with Crippen molar-refractivity contribution in [3.8, 4) is 0 Å². The summed E-state index contributed by atoms with van der Waals surface area (Å²) in [6.07, 6.45) is 2.21. The zero-order valence-corrected chi connectivity index (χ0v) is 13.9. The van der Waals surface area contributed by atoms with Crippen LogP contribution in [0.15, 0.2) is 17.2 Å². The molecule has 23 heavy (non-hydrogen) atoms. The number of nitrogens with zero attached hydrogens (tertiary/aromatic N) is 2. The van der Waals surface area contributed by atoms with Crippen LogP contribution >= 0.6 is 11.3 Å². The van der Waals surface area contributed by atoms with Crippen molar-refractivity contribution < 1.29 is 14.7 Å². The van der Waals surface area contributed by atoms with Crippen LogP contribution in [0.25, 0.3) is 10.2 Å². The van der Waals surface area contributed by atoms with Crippen LogP contribution in [0.2, 0.25) is 0 Å². The fourth-order valence-corrected chi connectivity index (χ4v) is 3.19. The van der Waals surface area contributed by atoms with Crippen LogP contribution in [0, 0.1) is 6.92 Å². The SMILES string of the molecule is CCC(C(=O)NCCCC(=O)O)n1cnc2sc(C)cc2c1=O. The van der Waals surface area contributed by atoms with Crippen molar-refractivity contribution in [1.29, 1.82) is 0 Å². The standard InChI is InChI=1S/C15H19N3O4S/c1-3-11(13(21)16-6-4-5-12(19)20)18-8-17-14-10(15(18)22)7-9(2)23-14/h7-8,11H,3-6H2,1-2H3,(H,16,21)(H,19,20). The summed E-state index contributed by atoms with van der Waals surface area (Å²) in [5.74, 6) is -1.20. The van der Waals surface area contributed by atoms with E-state index < -0.39 is 12.0 Å². The quantitative estimate of drug-likeness (QED) is 0.749. The number of aromatic nitrogens is 2. The average molecular weight is 337 g/mol. The highest BCUT2D eigenvalue weighted by Crippen LogP contribution is 2.20. The number of amides is 1. The van der Waals surface area contributed by atoms with Crippen molar-refractivity contribution in [1.82, 2.24) is 14.9 Å². The number of aryl methyl sites for hydroxylation is 1. The third-order valence-electron chi connectivity index (χ3n) is 3.49. The Hall–Kier alpha value is -2.22. The van der Waals surface area contributed by atoms with Crippen LogP contribution < -0.4 is 10.9 Å². The van der Waals surface area contributed by atoms with Crippen molar-refractivity contribution >= 4 is 33.4 Å². The largest absolute Gasteiger partial charge is 0.481 e. The molecule has 1 unspecified atom stereocenters. The number of carbonyl (C=O) groups excluding carboxylic acids is 1. The first-order valence-corrected chi connectivity index (χ1v) is 8.22. The zero-order chi connectivity index (χ0) is 17.0. The minimum Gasteiger partial charge on any atom is -0.481 e. The number of carboxylic acids is 1. The first-order chi connectivity index (χ1) is 10.9. The molecule has 7 nitrogen and oxygen atoms in total. The first kappa shape index (κ1) is 17.1. The molecule has 0 spiro atoms. The lowest BCUT2D eigenvalue weighted by Crippen LogP contribution is -2.37. The van der Waals surface area contributed by atoms with E-state index in [1.807, 2.05) is 13.8 Å². The van der Waals surface area contributed by atoms with Crippen molar-refractivity contribution in [2.24, 2.45) is 0 Å². The van der Waals surface area contributed by atoms with Gasteiger partial charge in [-0.1, -0.05) is 6.92 Å². The lowest BCUT2D eigenvalue weighted by atomic mass is 10.2. The van der Waals surface area contributed by atoms with Gasteiger partial charge in [0.05, 0.1) is 11.7 Å². The molecule has 124 valence electrons. The molecule has 1 amide bonds. The average Bonchev–Trinajstić information content (AvgIpc) is 2.88. The minimum absolute atomic E-state index is 0.00127. The predicted molar refractivity (Wildman–Crippen MR) is 87.8 cm³/mol. The Balaban J connectivity index is 2.17. The molecule has 0 saturated carbocycles. The minimum atomic E-state index is -0.898. The van der Waals surface area contributed by atoms with Crippen LogP contribution in [-0.2, 0) is 9.59 Å². The highest BCUT2D eigenvalue weighted by molar-refractivity contribution is 7.18. The number of fused-ring (bicyclic) bond motifs is 1. The second-order valence-corrected chi connectivity index (χ2v) is 6.48. The van der Waals surface area contributed by atoms with Gasteiger partial charge in [0.25, 0.3) is 5.56 Å². The summed E-state index contributed by atoms with van der Waals surface area (Å²) >= 11 is 1.44. The Morgan fingerprint density at radius 2 is 2.22 bits per heavy atom. The van der Waals surface area contributed by atoms with E-state index in [2.05, 4.69) is 10.3 Å². The number of hydrogen-bond acceptors (Lipinski definition) is 5. The number of carboxylic acid groups (broad SMARTS) is 1. The van der Waals surface area contributed by atoms with Gasteiger partial charge in [-0.05, 0) is 25.8 Å². The Morgan fingerprint density at radius 1 is 1.48 bits per heavy atom. The molecule has 0 bridgehead atoms. The van der Waals surface area contributed by atoms with Gasteiger partial charge < -0.3 is 10.4 Å². The van der Waals surface area contributed by atoms with E-state index in [0.717, 1.165) is 4.88 Å². The van der Waals surface area contributed by atoms with E-state index >= 15 is 0 Å². The van der Waals surface area contributed by atoms with Crippen molar-refractivity contribution in [2.45, 2.75) is 39.2 Å². The highest BCUT2D eigenvalue weighted by atomic mass is 32.1. The predicted octanol–water partition coefficient (Wildman–Crippen LogP) is 1.70. The number of nitrogens with one attached hydrogen (secondary N) is 1. The number of rotatable bonds is 7. The molecule has 2 aromatic rings. The van der Waals surface area contributed by atoms with E-state index in [9.17, 15) is 14.4 Å². The molecule has 0 saturated heterocycles. The molecule has 0 aliphatic rings. The van der Waals surface area contributed by atoms with Gasteiger partial charge in [-0.2, -0.15) is 0 Å². The second-order valence-electron chi connectivity index (χ2n) is 5.25. The third kappa shape index (κ3) is 3.95. The summed E-state index contributed by atoms with van der Waals surface area (Å²) in [6, 6.07) is 1.13. The second kappa shape index (κ2) is 7.36. The number of hydrogen-bond donors (Lipinski definition) is 2. The Labute approximate surface area is 137 Å². The van der Waals surface area contributed by atoms with Crippen molar-refractivity contribution in [3.63, 3.8) is 0 Å². The molecule has 2 heterocycles. The number of carbonyl (C=O) groups is 2. The summed E-state index contributed by atoms with van der Waals surface area (Å²) in [6.45, 7) is 3.99. The molecule has 8 heteroatoms. The summed E-state index contributed by atoms with van der Waals surface area (Å²) in [4.78, 5) is 41.2. The monoisotopic (exact) mass is 337 g/mol. The van der Waals surface area contributed by atoms with Gasteiger partial charge in [-0.25, -0.2) is 4.98 Å². The fraction of sp³-hybridized carbons (Fsp3) is 0.467. The van der Waals surface area contributed by atoms with Gasteiger partial charge >= 0.3 is 5.97 Å². The van der Waals surface area contributed by atoms with E-state index in [1.165, 1.54) is 22.2 Å². The smallest absolute Gasteiger partial charge is 0.303 e. The lowest BCUT2D eigenvalue weighted by Gasteiger charge is -2.17. The molecule has 2 rings (SSSR count). The van der Waals surface area contributed by atoms with E-state index in [-0.39, 0.29) is 24.4 Å². The van der Waals surface area contributed by atoms with Gasteiger partial charge in [-0.15, -0.1) is 11.3 Å². The Bertz CT molecular complexity index is 781. The molecule has 2 N–H and O–H groups in total. The summed E-state index contributed by atoms with van der Waals surface area (Å²) in [5, 5.41) is 11.8. The molecule has 2 aromatic heterocycles. The maximum Gasteiger partial charge on any atom is 0.303 e. The van der Waals surface area contributed by atoms with Crippen LogP contribution in [0.1, 0.15) is 37.1 Å². The fourth-order valence-electron chi connectivity index (χ4n) is 2.36. The normalized spacial score (nSPS) is 12.3. The van der Waals surface area contributed by atoms with Crippen LogP contribution in [0.4, 0.5) is 0 Å². The first-order valence-electron chi connectivity index (χ1n) is 7.40. The van der Waals surface area contributed by atoms with Crippen LogP contribution in [0.3, 0.4) is 0 Å². The molecule has 0 aromatic carbocycles. The van der Waals surface area contributed by atoms with Gasteiger partial charge in [0.1, 0.15) is 10.9 Å². The van der Waals surface area contributed by atoms with Gasteiger partial charge in [0.2, 0.25) is 5.91 Å². The molecular weight excluding hydrogens is 318 g/mol. The summed E-state index contributed by atoms with van der Waals surface area (Å²) in [5.41, 5.74) is -0.230. The molecular formula is C15H19N3O4S. The van der Waals surface area contributed by atoms with Crippen LogP contribution in [0.5, 0.6) is 0 Å². The van der Waals surface area contributed by atoms with Gasteiger partial charge in [0, 0.05) is 17.8 Å². The topological polar surface area (TPSA) is 101 Å². The van der Waals surface area contributed by atoms with Gasteiger partial charge in [0.15, 0.2) is 0 Å². The Morgan fingerprint density at radius 3 is 2.87 bits per heavy atom. The molecule has 0 aliphatic carbocycles. The lowest BCUT2D eigenvalue weighted by molar-refractivity contribution is -0.137. The number of thiophene rings is 1. The van der Waals surface area contributed by atoms with E-state index in [0.29, 0.717) is 23.1 Å². The molecule has 0 radical (unpaired) electrons. The Kier molecular flexibility index (Phi) is 5.49. The van der Waals surface area contributed by atoms with E-state index in [1.54, 1.807) is 6.07 Å². The molecule has 1 atom stereocenters. The molecule has 0 fully saturated rings. The van der Waals surface area contributed by atoms with Gasteiger partial charge in [-0.3, -0.25) is 19.0 Å². The van der Waals surface area contributed by atoms with Crippen molar-refractivity contribution in [2.75, 3.05) is 6.54 Å². The summed E-state index contributed by atoms with van der Waals surface area (Å²) < 4.78 is 1.35.